The average molecular weight is 355 g/mol. The molecule has 25 heavy (non-hydrogen) atoms. The number of benzene rings is 2. The maximum absolute atomic E-state index is 9.71. The highest BCUT2D eigenvalue weighted by molar-refractivity contribution is 6.99. The van der Waals surface area contributed by atoms with Gasteiger partial charge in [-0.25, -0.2) is 0 Å². The predicted molar refractivity (Wildman–Crippen MR) is 109 cm³/mol. The van der Waals surface area contributed by atoms with Crippen LogP contribution in [-0.4, -0.2) is 26.6 Å². The third-order valence-corrected chi connectivity index (χ3v) is 9.76. The van der Waals surface area contributed by atoms with E-state index in [0.717, 1.165) is 11.1 Å². The van der Waals surface area contributed by atoms with Crippen LogP contribution in [0.15, 0.2) is 71.8 Å². The molecule has 0 fully saturated rings. The molecule has 0 spiro atoms. The summed E-state index contributed by atoms with van der Waals surface area (Å²) in [6.45, 7) is 11.4. The Morgan fingerprint density at radius 1 is 0.880 bits per heavy atom. The molecule has 0 aliphatic carbocycles. The second-order valence-electron chi connectivity index (χ2n) is 7.71. The zero-order chi connectivity index (χ0) is 18.5. The minimum absolute atomic E-state index is 0.0422. The van der Waals surface area contributed by atoms with E-state index in [4.69, 9.17) is 4.43 Å². The molecular weight excluding hydrogens is 324 g/mol. The molecule has 2 nitrogen and oxygen atoms in total. The van der Waals surface area contributed by atoms with Gasteiger partial charge in [0.25, 0.3) is 8.32 Å². The summed E-state index contributed by atoms with van der Waals surface area (Å²) in [5, 5.41) is 12.2. The minimum atomic E-state index is -2.52. The summed E-state index contributed by atoms with van der Waals surface area (Å²) < 4.78 is 6.80. The van der Waals surface area contributed by atoms with E-state index in [1.165, 1.54) is 10.4 Å². The Hall–Kier alpha value is -1.68. The molecule has 0 heterocycles. The number of hydrogen-bond acceptors (Lipinski definition) is 2. The first-order valence-corrected chi connectivity index (χ1v) is 10.7. The second-order valence-corrected chi connectivity index (χ2v) is 12.0. The van der Waals surface area contributed by atoms with Crippen LogP contribution in [0.2, 0.25) is 5.04 Å². The van der Waals surface area contributed by atoms with E-state index in [1.807, 2.05) is 26.0 Å². The molecule has 2 aromatic carbocycles. The Bertz CT molecular complexity index is 656. The molecule has 2 aromatic rings. The second kappa shape index (κ2) is 8.13. The van der Waals surface area contributed by atoms with Crippen molar-refractivity contribution in [3.63, 3.8) is 0 Å². The van der Waals surface area contributed by atoms with E-state index in [0.29, 0.717) is 6.61 Å². The highest BCUT2D eigenvalue weighted by Crippen LogP contribution is 2.37. The number of allylic oxidation sites excluding steroid dienone is 1. The maximum atomic E-state index is 9.71. The van der Waals surface area contributed by atoms with Crippen molar-refractivity contribution in [3.8, 4) is 0 Å². The van der Waals surface area contributed by atoms with Gasteiger partial charge >= 0.3 is 0 Å². The van der Waals surface area contributed by atoms with Crippen LogP contribution in [0.3, 0.4) is 0 Å². The van der Waals surface area contributed by atoms with E-state index in [9.17, 15) is 5.11 Å². The Morgan fingerprint density at radius 3 is 1.64 bits per heavy atom. The summed E-state index contributed by atoms with van der Waals surface area (Å²) in [7, 11) is -2.52. The SMILES string of the molecule is CC(C)=C(CO)CO[Si](c1ccccc1)(c1ccccc1)C(C)(C)C. The zero-order valence-electron chi connectivity index (χ0n) is 16.0. The van der Waals surface area contributed by atoms with Crippen molar-refractivity contribution in [1.82, 2.24) is 0 Å². The van der Waals surface area contributed by atoms with Gasteiger partial charge in [0.1, 0.15) is 0 Å². The van der Waals surface area contributed by atoms with Crippen molar-refractivity contribution in [2.75, 3.05) is 13.2 Å². The van der Waals surface area contributed by atoms with E-state index in [-0.39, 0.29) is 11.6 Å². The van der Waals surface area contributed by atoms with Crippen LogP contribution in [-0.2, 0) is 4.43 Å². The van der Waals surface area contributed by atoms with Crippen LogP contribution in [0.1, 0.15) is 34.6 Å². The summed E-state index contributed by atoms with van der Waals surface area (Å²) in [6, 6.07) is 21.2. The van der Waals surface area contributed by atoms with Crippen LogP contribution < -0.4 is 10.4 Å². The Kier molecular flexibility index (Phi) is 6.39. The zero-order valence-corrected chi connectivity index (χ0v) is 17.0. The molecule has 0 aromatic heterocycles. The largest absolute Gasteiger partial charge is 0.403 e. The smallest absolute Gasteiger partial charge is 0.261 e. The molecule has 0 bridgehead atoms. The molecule has 0 saturated heterocycles. The Labute approximate surface area is 153 Å². The number of rotatable bonds is 6. The van der Waals surface area contributed by atoms with Crippen molar-refractivity contribution in [3.05, 3.63) is 71.8 Å². The fourth-order valence-corrected chi connectivity index (χ4v) is 7.85. The van der Waals surface area contributed by atoms with Crippen molar-refractivity contribution in [1.29, 1.82) is 0 Å². The molecule has 0 amide bonds. The first kappa shape index (κ1) is 19.6. The topological polar surface area (TPSA) is 29.5 Å². The van der Waals surface area contributed by atoms with Crippen molar-refractivity contribution in [2.45, 2.75) is 39.7 Å². The number of aliphatic hydroxyl groups is 1. The lowest BCUT2D eigenvalue weighted by Crippen LogP contribution is -2.66. The van der Waals surface area contributed by atoms with Crippen molar-refractivity contribution >= 4 is 18.7 Å². The molecule has 0 aliphatic heterocycles. The van der Waals surface area contributed by atoms with Gasteiger partial charge in [0.15, 0.2) is 0 Å². The fraction of sp³-hybridized carbons (Fsp3) is 0.364. The predicted octanol–water partition coefficient (Wildman–Crippen LogP) is 3.89. The highest BCUT2D eigenvalue weighted by Gasteiger charge is 2.50. The van der Waals surface area contributed by atoms with Gasteiger partial charge in [-0.1, -0.05) is 87.0 Å². The van der Waals surface area contributed by atoms with E-state index in [2.05, 4.69) is 69.3 Å². The van der Waals surface area contributed by atoms with Gasteiger partial charge in [0.2, 0.25) is 0 Å². The normalized spacial score (nSPS) is 12.1. The molecule has 0 aliphatic rings. The summed E-state index contributed by atoms with van der Waals surface area (Å²) in [4.78, 5) is 0. The van der Waals surface area contributed by atoms with Gasteiger partial charge in [-0.15, -0.1) is 0 Å². The van der Waals surface area contributed by atoms with Crippen LogP contribution >= 0.6 is 0 Å². The fourth-order valence-electron chi connectivity index (χ4n) is 3.31. The molecule has 0 unspecified atom stereocenters. The van der Waals surface area contributed by atoms with Crippen LogP contribution in [0.25, 0.3) is 0 Å². The molecule has 134 valence electrons. The lowest BCUT2D eigenvalue weighted by Gasteiger charge is -2.43. The number of hydrogen-bond donors (Lipinski definition) is 1. The van der Waals surface area contributed by atoms with E-state index >= 15 is 0 Å². The molecule has 0 atom stereocenters. The van der Waals surface area contributed by atoms with Gasteiger partial charge in [-0.2, -0.15) is 0 Å². The van der Waals surface area contributed by atoms with Crippen LogP contribution in [0, 0.1) is 0 Å². The van der Waals surface area contributed by atoms with E-state index in [1.54, 1.807) is 0 Å². The van der Waals surface area contributed by atoms with Gasteiger partial charge in [-0.05, 0) is 34.8 Å². The quantitative estimate of drug-likeness (QED) is 0.630. The minimum Gasteiger partial charge on any atom is -0.403 e. The monoisotopic (exact) mass is 354 g/mol. The standard InChI is InChI=1S/C22H30O2Si/c1-18(2)19(16-23)17-24-25(22(3,4)5,20-12-8-6-9-13-20)21-14-10-7-11-15-21/h6-15,23H,16-17H2,1-5H3. The third kappa shape index (κ3) is 4.11. The van der Waals surface area contributed by atoms with Gasteiger partial charge in [0, 0.05) is 0 Å². The summed E-state index contributed by atoms with van der Waals surface area (Å²) >= 11 is 0. The summed E-state index contributed by atoms with van der Waals surface area (Å²) in [6.07, 6.45) is 0. The van der Waals surface area contributed by atoms with E-state index < -0.39 is 8.32 Å². The Balaban J connectivity index is 2.63. The lowest BCUT2D eigenvalue weighted by atomic mass is 10.2. The Morgan fingerprint density at radius 2 is 1.32 bits per heavy atom. The highest BCUT2D eigenvalue weighted by atomic mass is 28.4. The number of aliphatic hydroxyl groups excluding tert-OH is 1. The van der Waals surface area contributed by atoms with Crippen molar-refractivity contribution in [2.24, 2.45) is 0 Å². The van der Waals surface area contributed by atoms with Gasteiger partial charge in [-0.3, -0.25) is 0 Å². The van der Waals surface area contributed by atoms with Gasteiger partial charge in [0.05, 0.1) is 13.2 Å². The third-order valence-electron chi connectivity index (χ3n) is 4.78. The molecule has 1 N–H and O–H groups in total. The molecule has 0 saturated carbocycles. The lowest BCUT2D eigenvalue weighted by molar-refractivity contribution is 0.277. The summed E-state index contributed by atoms with van der Waals surface area (Å²) in [5.74, 6) is 0. The van der Waals surface area contributed by atoms with Crippen molar-refractivity contribution < 1.29 is 9.53 Å². The first-order chi connectivity index (χ1) is 11.8. The molecular formula is C22H30O2Si. The van der Waals surface area contributed by atoms with Gasteiger partial charge < -0.3 is 9.53 Å². The first-order valence-electron chi connectivity index (χ1n) is 8.84. The maximum Gasteiger partial charge on any atom is 0.261 e. The molecule has 0 radical (unpaired) electrons. The summed E-state index contributed by atoms with van der Waals surface area (Å²) in [5.41, 5.74) is 2.09. The molecule has 3 heteroatoms. The van der Waals surface area contributed by atoms with Crippen LogP contribution in [0.4, 0.5) is 0 Å². The van der Waals surface area contributed by atoms with Crippen LogP contribution in [0.5, 0.6) is 0 Å². The molecule has 2 rings (SSSR count). The average Bonchev–Trinajstić information content (AvgIpc) is 2.59.